The second kappa shape index (κ2) is 6.35. The van der Waals surface area contributed by atoms with Crippen LogP contribution in [0.15, 0.2) is 18.2 Å². The van der Waals surface area contributed by atoms with Crippen LogP contribution in [0.4, 0.5) is 8.78 Å². The summed E-state index contributed by atoms with van der Waals surface area (Å²) in [4.78, 5) is 0. The third kappa shape index (κ3) is 3.13. The van der Waals surface area contributed by atoms with Gasteiger partial charge < -0.3 is 5.73 Å². The minimum Gasteiger partial charge on any atom is -0.324 e. The first-order valence-electron chi connectivity index (χ1n) is 7.25. The highest BCUT2D eigenvalue weighted by Gasteiger charge is 2.19. The molecule has 1 unspecified atom stereocenters. The molecule has 0 aliphatic carbocycles. The molecule has 2 rings (SSSR count). The number of aryl methyl sites for hydroxylation is 1. The molecule has 2 N–H and O–H groups in total. The molecule has 1 aromatic carbocycles. The Morgan fingerprint density at radius 2 is 1.95 bits per heavy atom. The molecule has 1 aromatic heterocycles. The maximum atomic E-state index is 13.8. The summed E-state index contributed by atoms with van der Waals surface area (Å²) in [6.45, 7) is 6.16. The topological polar surface area (TPSA) is 43.8 Å². The summed E-state index contributed by atoms with van der Waals surface area (Å²) in [7, 11) is 0. The van der Waals surface area contributed by atoms with Crippen LogP contribution >= 0.6 is 0 Å². The molecule has 0 saturated carbocycles. The molecule has 0 amide bonds. The molecule has 2 aromatic rings. The van der Waals surface area contributed by atoms with Gasteiger partial charge >= 0.3 is 0 Å². The zero-order chi connectivity index (χ0) is 15.6. The molecular formula is C16H21F2N3. The molecule has 0 aliphatic rings. The van der Waals surface area contributed by atoms with Crippen LogP contribution in [0.25, 0.3) is 0 Å². The van der Waals surface area contributed by atoms with Gasteiger partial charge in [0.25, 0.3) is 0 Å². The van der Waals surface area contributed by atoms with Crippen LogP contribution in [-0.2, 0) is 19.4 Å². The van der Waals surface area contributed by atoms with Gasteiger partial charge in [0.1, 0.15) is 11.6 Å². The SMILES string of the molecule is CCc1nn(Cc2cc(F)ccc2F)c(CC)c1C(C)N. The van der Waals surface area contributed by atoms with E-state index in [0.717, 1.165) is 41.9 Å². The predicted octanol–water partition coefficient (Wildman–Crippen LogP) is 3.35. The van der Waals surface area contributed by atoms with Crippen molar-refractivity contribution in [2.45, 2.75) is 46.2 Å². The van der Waals surface area contributed by atoms with Crippen molar-refractivity contribution in [1.82, 2.24) is 9.78 Å². The maximum Gasteiger partial charge on any atom is 0.128 e. The predicted molar refractivity (Wildman–Crippen MR) is 79.0 cm³/mol. The van der Waals surface area contributed by atoms with Crippen LogP contribution < -0.4 is 5.73 Å². The Morgan fingerprint density at radius 1 is 1.24 bits per heavy atom. The van der Waals surface area contributed by atoms with Crippen molar-refractivity contribution in [1.29, 1.82) is 0 Å². The smallest absolute Gasteiger partial charge is 0.128 e. The number of halogens is 2. The summed E-state index contributed by atoms with van der Waals surface area (Å²) < 4.78 is 28.8. The summed E-state index contributed by atoms with van der Waals surface area (Å²) in [6, 6.07) is 3.36. The molecule has 1 heterocycles. The highest BCUT2D eigenvalue weighted by Crippen LogP contribution is 2.23. The summed E-state index contributed by atoms with van der Waals surface area (Å²) >= 11 is 0. The van der Waals surface area contributed by atoms with Crippen LogP contribution in [-0.4, -0.2) is 9.78 Å². The lowest BCUT2D eigenvalue weighted by Crippen LogP contribution is -2.12. The van der Waals surface area contributed by atoms with Gasteiger partial charge in [-0.2, -0.15) is 5.10 Å². The molecule has 114 valence electrons. The minimum atomic E-state index is -0.445. The van der Waals surface area contributed by atoms with Crippen LogP contribution in [0.3, 0.4) is 0 Å². The van der Waals surface area contributed by atoms with Gasteiger partial charge in [-0.3, -0.25) is 4.68 Å². The monoisotopic (exact) mass is 293 g/mol. The van der Waals surface area contributed by atoms with E-state index in [2.05, 4.69) is 5.10 Å². The minimum absolute atomic E-state index is 0.124. The van der Waals surface area contributed by atoms with Gasteiger partial charge in [-0.1, -0.05) is 13.8 Å². The molecule has 0 fully saturated rings. The quantitative estimate of drug-likeness (QED) is 0.918. The van der Waals surface area contributed by atoms with Crippen molar-refractivity contribution in [2.75, 3.05) is 0 Å². The van der Waals surface area contributed by atoms with E-state index in [4.69, 9.17) is 5.73 Å². The Morgan fingerprint density at radius 3 is 2.52 bits per heavy atom. The molecule has 0 spiro atoms. The molecule has 0 radical (unpaired) electrons. The number of nitrogens with zero attached hydrogens (tertiary/aromatic N) is 2. The second-order valence-electron chi connectivity index (χ2n) is 5.20. The molecule has 3 nitrogen and oxygen atoms in total. The highest BCUT2D eigenvalue weighted by molar-refractivity contribution is 5.31. The lowest BCUT2D eigenvalue weighted by Gasteiger charge is -2.11. The average Bonchev–Trinajstić information content (AvgIpc) is 2.80. The van der Waals surface area contributed by atoms with Crippen LogP contribution in [0.5, 0.6) is 0 Å². The Kier molecular flexibility index (Phi) is 4.73. The lowest BCUT2D eigenvalue weighted by atomic mass is 10.0. The lowest BCUT2D eigenvalue weighted by molar-refractivity contribution is 0.557. The second-order valence-corrected chi connectivity index (χ2v) is 5.20. The van der Waals surface area contributed by atoms with E-state index in [9.17, 15) is 8.78 Å². The Labute approximate surface area is 123 Å². The third-order valence-corrected chi connectivity index (χ3v) is 3.63. The molecule has 21 heavy (non-hydrogen) atoms. The van der Waals surface area contributed by atoms with E-state index >= 15 is 0 Å². The van der Waals surface area contributed by atoms with Gasteiger partial charge in [-0.05, 0) is 38.0 Å². The van der Waals surface area contributed by atoms with Gasteiger partial charge in [0.15, 0.2) is 0 Å². The van der Waals surface area contributed by atoms with E-state index in [1.54, 1.807) is 4.68 Å². The molecule has 0 bridgehead atoms. The first-order chi connectivity index (χ1) is 9.97. The maximum absolute atomic E-state index is 13.8. The number of aromatic nitrogens is 2. The van der Waals surface area contributed by atoms with E-state index in [1.807, 2.05) is 20.8 Å². The van der Waals surface area contributed by atoms with Crippen molar-refractivity contribution in [3.63, 3.8) is 0 Å². The number of rotatable bonds is 5. The van der Waals surface area contributed by atoms with E-state index in [-0.39, 0.29) is 12.6 Å². The normalized spacial score (nSPS) is 12.7. The van der Waals surface area contributed by atoms with E-state index < -0.39 is 11.6 Å². The number of benzene rings is 1. The fraction of sp³-hybridized carbons (Fsp3) is 0.438. The fourth-order valence-corrected chi connectivity index (χ4v) is 2.68. The van der Waals surface area contributed by atoms with Crippen LogP contribution in [0.1, 0.15) is 49.3 Å². The van der Waals surface area contributed by atoms with Crippen molar-refractivity contribution in [2.24, 2.45) is 5.73 Å². The van der Waals surface area contributed by atoms with Crippen LogP contribution in [0, 0.1) is 11.6 Å². The summed E-state index contributed by atoms with van der Waals surface area (Å²) in [5.41, 5.74) is 9.28. The standard InChI is InChI=1S/C16H21F2N3/c1-4-14-16(10(3)19)15(5-2)21(20-14)9-11-8-12(17)6-7-13(11)18/h6-8,10H,4-5,9,19H2,1-3H3. The Balaban J connectivity index is 2.46. The summed E-state index contributed by atoms with van der Waals surface area (Å²) in [6.07, 6.45) is 1.52. The van der Waals surface area contributed by atoms with Crippen molar-refractivity contribution >= 4 is 0 Å². The molecule has 0 saturated heterocycles. The van der Waals surface area contributed by atoms with Gasteiger partial charge in [0.05, 0.1) is 12.2 Å². The van der Waals surface area contributed by atoms with Crippen molar-refractivity contribution in [3.05, 3.63) is 52.3 Å². The fourth-order valence-electron chi connectivity index (χ4n) is 2.68. The highest BCUT2D eigenvalue weighted by atomic mass is 19.1. The van der Waals surface area contributed by atoms with Gasteiger partial charge in [0.2, 0.25) is 0 Å². The Bertz CT molecular complexity index is 633. The van der Waals surface area contributed by atoms with Gasteiger partial charge in [-0.15, -0.1) is 0 Å². The Hall–Kier alpha value is -1.75. The summed E-state index contributed by atoms with van der Waals surface area (Å²) in [5.74, 6) is -0.867. The first kappa shape index (κ1) is 15.6. The molecule has 0 aliphatic heterocycles. The van der Waals surface area contributed by atoms with Crippen molar-refractivity contribution < 1.29 is 8.78 Å². The number of hydrogen-bond acceptors (Lipinski definition) is 2. The van der Waals surface area contributed by atoms with Crippen LogP contribution in [0.2, 0.25) is 0 Å². The van der Waals surface area contributed by atoms with E-state index in [0.29, 0.717) is 5.56 Å². The first-order valence-corrected chi connectivity index (χ1v) is 7.25. The molecule has 1 atom stereocenters. The van der Waals surface area contributed by atoms with Gasteiger partial charge in [-0.25, -0.2) is 8.78 Å². The molecule has 5 heteroatoms. The number of hydrogen-bond donors (Lipinski definition) is 1. The van der Waals surface area contributed by atoms with Gasteiger partial charge in [0, 0.05) is 22.9 Å². The van der Waals surface area contributed by atoms with E-state index in [1.165, 1.54) is 6.07 Å². The average molecular weight is 293 g/mol. The zero-order valence-electron chi connectivity index (χ0n) is 12.7. The number of nitrogens with two attached hydrogens (primary N) is 1. The zero-order valence-corrected chi connectivity index (χ0v) is 12.7. The largest absolute Gasteiger partial charge is 0.324 e. The van der Waals surface area contributed by atoms with Crippen molar-refractivity contribution in [3.8, 4) is 0 Å². The molecular weight excluding hydrogens is 272 g/mol. The third-order valence-electron chi connectivity index (χ3n) is 3.63. The summed E-state index contributed by atoms with van der Waals surface area (Å²) in [5, 5.41) is 4.53.